The number of hydrogen-bond acceptors (Lipinski definition) is 3. The van der Waals surface area contributed by atoms with E-state index < -0.39 is 6.10 Å². The molecule has 2 rings (SSSR count). The lowest BCUT2D eigenvalue weighted by Gasteiger charge is -2.06. The Morgan fingerprint density at radius 3 is 2.12 bits per heavy atom. The summed E-state index contributed by atoms with van der Waals surface area (Å²) in [7, 11) is 0. The van der Waals surface area contributed by atoms with E-state index in [0.29, 0.717) is 0 Å². The molecule has 0 fully saturated rings. The van der Waals surface area contributed by atoms with Gasteiger partial charge in [-0.25, -0.2) is 0 Å². The highest BCUT2D eigenvalue weighted by atomic mass is 79.9. The van der Waals surface area contributed by atoms with Gasteiger partial charge < -0.3 is 5.11 Å². The minimum Gasteiger partial charge on any atom is -0.383 e. The SMILES string of the molecule is OC(c1cc(Br)c(Br)s1)c1cc(Br)sc1Br. The molecule has 1 nitrogen and oxygen atoms in total. The molecule has 0 saturated carbocycles. The summed E-state index contributed by atoms with van der Waals surface area (Å²) >= 11 is 16.8. The first-order valence-electron chi connectivity index (χ1n) is 4.06. The number of thiophene rings is 2. The molecule has 0 aliphatic rings. The van der Waals surface area contributed by atoms with Crippen LogP contribution in [0.25, 0.3) is 0 Å². The Bertz CT molecular complexity index is 500. The van der Waals surface area contributed by atoms with Gasteiger partial charge in [0, 0.05) is 14.9 Å². The van der Waals surface area contributed by atoms with E-state index in [1.165, 1.54) is 11.3 Å². The number of hydrogen-bond donors (Lipinski definition) is 1. The summed E-state index contributed by atoms with van der Waals surface area (Å²) in [6.07, 6.45) is -0.593. The molecule has 0 aliphatic carbocycles. The van der Waals surface area contributed by atoms with Crippen LogP contribution in [0, 0.1) is 0 Å². The van der Waals surface area contributed by atoms with Crippen molar-refractivity contribution in [3.05, 3.63) is 38.4 Å². The number of rotatable bonds is 2. The maximum atomic E-state index is 10.2. The summed E-state index contributed by atoms with van der Waals surface area (Å²) in [6.45, 7) is 0. The van der Waals surface area contributed by atoms with Crippen molar-refractivity contribution in [3.63, 3.8) is 0 Å². The van der Waals surface area contributed by atoms with Crippen molar-refractivity contribution >= 4 is 86.4 Å². The van der Waals surface area contributed by atoms with E-state index >= 15 is 0 Å². The highest BCUT2D eigenvalue weighted by molar-refractivity contribution is 9.13. The van der Waals surface area contributed by atoms with Crippen molar-refractivity contribution < 1.29 is 5.11 Å². The van der Waals surface area contributed by atoms with Gasteiger partial charge in [-0.05, 0) is 75.9 Å². The van der Waals surface area contributed by atoms with Crippen LogP contribution in [0.4, 0.5) is 0 Å². The van der Waals surface area contributed by atoms with Crippen LogP contribution in [-0.4, -0.2) is 5.11 Å². The van der Waals surface area contributed by atoms with E-state index in [2.05, 4.69) is 63.7 Å². The number of aliphatic hydroxyl groups is 1. The van der Waals surface area contributed by atoms with Crippen LogP contribution in [0.3, 0.4) is 0 Å². The lowest BCUT2D eigenvalue weighted by molar-refractivity contribution is 0.224. The normalized spacial score (nSPS) is 13.1. The molecule has 7 heteroatoms. The summed E-state index contributed by atoms with van der Waals surface area (Å²) < 4.78 is 3.92. The van der Waals surface area contributed by atoms with Gasteiger partial charge in [0.2, 0.25) is 0 Å². The van der Waals surface area contributed by atoms with Crippen molar-refractivity contribution in [3.8, 4) is 0 Å². The summed E-state index contributed by atoms with van der Waals surface area (Å²) in [6, 6.07) is 3.86. The van der Waals surface area contributed by atoms with Crippen LogP contribution in [-0.2, 0) is 0 Å². The minimum atomic E-state index is -0.593. The molecule has 0 spiro atoms. The summed E-state index contributed by atoms with van der Waals surface area (Å²) in [5.74, 6) is 0. The fraction of sp³-hybridized carbons (Fsp3) is 0.111. The van der Waals surface area contributed by atoms with Gasteiger partial charge in [-0.1, -0.05) is 0 Å². The molecule has 16 heavy (non-hydrogen) atoms. The smallest absolute Gasteiger partial charge is 0.115 e. The molecule has 2 aromatic rings. The fourth-order valence-corrected chi connectivity index (χ4v) is 6.17. The number of halogens is 4. The van der Waals surface area contributed by atoms with E-state index in [1.807, 2.05) is 12.1 Å². The van der Waals surface area contributed by atoms with Crippen LogP contribution in [0.5, 0.6) is 0 Å². The van der Waals surface area contributed by atoms with Crippen LogP contribution in [0.1, 0.15) is 16.5 Å². The van der Waals surface area contributed by atoms with Crippen LogP contribution < -0.4 is 0 Å². The third kappa shape index (κ3) is 2.81. The van der Waals surface area contributed by atoms with Gasteiger partial charge in [0.25, 0.3) is 0 Å². The topological polar surface area (TPSA) is 20.2 Å². The molecular weight excluding hydrogens is 508 g/mol. The van der Waals surface area contributed by atoms with Gasteiger partial charge in [-0.3, -0.25) is 0 Å². The zero-order valence-electron chi connectivity index (χ0n) is 7.51. The molecule has 1 unspecified atom stereocenters. The Labute approximate surface area is 134 Å². The van der Waals surface area contributed by atoms with E-state index in [1.54, 1.807) is 11.3 Å². The highest BCUT2D eigenvalue weighted by Crippen LogP contribution is 2.42. The molecule has 2 aromatic heterocycles. The molecular formula is C9H4Br4OS2. The Hall–Kier alpha value is 1.28. The molecule has 0 aliphatic heterocycles. The van der Waals surface area contributed by atoms with Crippen molar-refractivity contribution in [2.45, 2.75) is 6.10 Å². The Balaban J connectivity index is 2.38. The lowest BCUT2D eigenvalue weighted by Crippen LogP contribution is -1.95. The average molecular weight is 512 g/mol. The highest BCUT2D eigenvalue weighted by Gasteiger charge is 2.19. The fourth-order valence-electron chi connectivity index (χ4n) is 1.19. The third-order valence-electron chi connectivity index (χ3n) is 1.91. The quantitative estimate of drug-likeness (QED) is 0.529. The molecule has 1 atom stereocenters. The Kier molecular flexibility index (Phi) is 4.71. The summed E-state index contributed by atoms with van der Waals surface area (Å²) in [4.78, 5) is 0.907. The Morgan fingerprint density at radius 1 is 1.00 bits per heavy atom. The molecule has 0 bridgehead atoms. The van der Waals surface area contributed by atoms with Crippen molar-refractivity contribution in [1.29, 1.82) is 0 Å². The third-order valence-corrected chi connectivity index (χ3v) is 7.61. The monoisotopic (exact) mass is 508 g/mol. The van der Waals surface area contributed by atoms with Gasteiger partial charge >= 0.3 is 0 Å². The molecule has 1 N–H and O–H groups in total. The molecule has 2 heterocycles. The van der Waals surface area contributed by atoms with Gasteiger partial charge in [0.15, 0.2) is 0 Å². The molecule has 0 radical (unpaired) electrons. The maximum Gasteiger partial charge on any atom is 0.115 e. The second-order valence-corrected chi connectivity index (χ2v) is 9.96. The first-order chi connectivity index (χ1) is 7.49. The molecule has 86 valence electrons. The van der Waals surface area contributed by atoms with Crippen molar-refractivity contribution in [1.82, 2.24) is 0 Å². The van der Waals surface area contributed by atoms with E-state index in [0.717, 1.165) is 26.3 Å². The molecule has 0 amide bonds. The van der Waals surface area contributed by atoms with Gasteiger partial charge in [-0.2, -0.15) is 0 Å². The largest absolute Gasteiger partial charge is 0.383 e. The average Bonchev–Trinajstić information content (AvgIpc) is 2.70. The van der Waals surface area contributed by atoms with E-state index in [9.17, 15) is 5.11 Å². The zero-order valence-corrected chi connectivity index (χ0v) is 15.5. The van der Waals surface area contributed by atoms with E-state index in [-0.39, 0.29) is 0 Å². The van der Waals surface area contributed by atoms with Crippen LogP contribution in [0.2, 0.25) is 0 Å². The first-order valence-corrected chi connectivity index (χ1v) is 8.87. The van der Waals surface area contributed by atoms with Crippen LogP contribution >= 0.6 is 86.4 Å². The van der Waals surface area contributed by atoms with Gasteiger partial charge in [0.1, 0.15) is 6.10 Å². The summed E-state index contributed by atoms with van der Waals surface area (Å²) in [5.41, 5.74) is 0.887. The lowest BCUT2D eigenvalue weighted by atomic mass is 10.2. The van der Waals surface area contributed by atoms with Crippen molar-refractivity contribution in [2.75, 3.05) is 0 Å². The molecule has 0 saturated heterocycles. The maximum absolute atomic E-state index is 10.2. The summed E-state index contributed by atoms with van der Waals surface area (Å²) in [5, 5.41) is 10.2. The van der Waals surface area contributed by atoms with Gasteiger partial charge in [-0.15, -0.1) is 22.7 Å². The molecule has 0 aromatic carbocycles. The second-order valence-electron chi connectivity index (χ2n) is 2.95. The number of aliphatic hydroxyl groups excluding tert-OH is 1. The van der Waals surface area contributed by atoms with Crippen LogP contribution in [0.15, 0.2) is 28.0 Å². The van der Waals surface area contributed by atoms with Gasteiger partial charge in [0.05, 0.1) is 11.4 Å². The first kappa shape index (κ1) is 13.7. The Morgan fingerprint density at radius 2 is 1.69 bits per heavy atom. The van der Waals surface area contributed by atoms with E-state index in [4.69, 9.17) is 0 Å². The second kappa shape index (κ2) is 5.50. The predicted molar refractivity (Wildman–Crippen MR) is 83.5 cm³/mol. The zero-order chi connectivity index (χ0) is 11.9. The van der Waals surface area contributed by atoms with Crippen molar-refractivity contribution in [2.24, 2.45) is 0 Å². The standard InChI is InChI=1S/C9H4Br4OS2/c10-4-2-5(15-9(4)13)7(14)3-1-6(11)16-8(3)12/h1-2,7,14H. The predicted octanol–water partition coefficient (Wildman–Crippen LogP) is 5.94. The minimum absolute atomic E-state index is 0.593.